The van der Waals surface area contributed by atoms with Crippen LogP contribution in [0.4, 0.5) is 0 Å². The second kappa shape index (κ2) is 11.2. The van der Waals surface area contributed by atoms with Crippen molar-refractivity contribution in [2.75, 3.05) is 0 Å². The molecule has 0 aliphatic heterocycles. The van der Waals surface area contributed by atoms with Gasteiger partial charge in [-0.3, -0.25) is 6.08 Å². The van der Waals surface area contributed by atoms with Crippen LogP contribution in [0.15, 0.2) is 71.7 Å². The maximum Gasteiger partial charge on any atom is 4.00 e. The number of halogens is 2. The molecule has 1 N–H and O–H groups in total. The summed E-state index contributed by atoms with van der Waals surface area (Å²) in [7, 11) is -0.273. The van der Waals surface area contributed by atoms with E-state index in [2.05, 4.69) is 79.0 Å². The summed E-state index contributed by atoms with van der Waals surface area (Å²) in [5, 5.41) is 4.09. The Morgan fingerprint density at radius 3 is 2.38 bits per heavy atom. The number of hydrogen-bond acceptors (Lipinski definition) is 0. The van der Waals surface area contributed by atoms with E-state index in [1.165, 1.54) is 27.2 Å². The SMILES string of the molecule is CC1=[C-]CC=C1C.[Cl-].[Cl-].[Zr+4].c1ccc2[cH-]c(-p3ccc[nH+]3)cc2c1. The first-order valence-electron chi connectivity index (χ1n) is 7.19. The molecule has 122 valence electrons. The van der Waals surface area contributed by atoms with Gasteiger partial charge in [0.25, 0.3) is 0 Å². The molecule has 3 aromatic rings. The van der Waals surface area contributed by atoms with Crippen LogP contribution in [0.5, 0.6) is 0 Å². The van der Waals surface area contributed by atoms with Crippen molar-refractivity contribution >= 4 is 18.5 Å². The Balaban J connectivity index is 0.000000463. The molecule has 1 aliphatic carbocycles. The number of H-pyrrole nitrogens is 1. The van der Waals surface area contributed by atoms with Crippen LogP contribution >= 0.6 is 7.69 Å². The van der Waals surface area contributed by atoms with E-state index in [0.29, 0.717) is 0 Å². The van der Waals surface area contributed by atoms with E-state index in [1.807, 2.05) is 6.20 Å². The van der Waals surface area contributed by atoms with Crippen LogP contribution in [0.3, 0.4) is 0 Å². The quantitative estimate of drug-likeness (QED) is 0.438. The maximum atomic E-state index is 3.36. The van der Waals surface area contributed by atoms with E-state index in [4.69, 9.17) is 0 Å². The van der Waals surface area contributed by atoms with E-state index in [0.717, 1.165) is 6.42 Å². The van der Waals surface area contributed by atoms with Crippen LogP contribution in [-0.4, -0.2) is 0 Å². The summed E-state index contributed by atoms with van der Waals surface area (Å²) >= 11 is 0. The number of hydrogen-bond donors (Lipinski definition) is 0. The van der Waals surface area contributed by atoms with E-state index >= 15 is 0 Å². The van der Waals surface area contributed by atoms with E-state index < -0.39 is 0 Å². The van der Waals surface area contributed by atoms with Gasteiger partial charge in [-0.2, -0.15) is 12.1 Å². The van der Waals surface area contributed by atoms with Crippen LogP contribution in [0, 0.1) is 6.08 Å². The van der Waals surface area contributed by atoms with E-state index in [9.17, 15) is 0 Å². The van der Waals surface area contributed by atoms with Crippen molar-refractivity contribution < 1.29 is 55.8 Å². The number of aromatic amines is 1. The van der Waals surface area contributed by atoms with Crippen molar-refractivity contribution in [1.29, 1.82) is 0 Å². The predicted molar refractivity (Wildman–Crippen MR) is 90.9 cm³/mol. The standard InChI is InChI=1S/C12H9NP.C7H9.2ClH.Zr/c1-2-5-11-9-12(8-10(11)4-1)14-7-3-6-13-14;1-6-4-3-5-7(6)2;;;/h1-9H;4H,3H2,1-2H3;2*1H;/q2*-1;;;+4/p-1. The van der Waals surface area contributed by atoms with Gasteiger partial charge in [-0.25, -0.2) is 15.9 Å². The molecule has 0 saturated heterocycles. The number of aromatic nitrogens is 1. The Labute approximate surface area is 176 Å². The molecule has 1 aromatic heterocycles. The van der Waals surface area contributed by atoms with Gasteiger partial charge in [0.2, 0.25) is 0 Å². The van der Waals surface area contributed by atoms with Crippen molar-refractivity contribution in [2.24, 2.45) is 0 Å². The van der Waals surface area contributed by atoms with E-state index in [-0.39, 0.29) is 58.7 Å². The monoisotopic (exact) mass is 452 g/mol. The van der Waals surface area contributed by atoms with Gasteiger partial charge in [0.1, 0.15) is 7.69 Å². The number of nitrogens with one attached hydrogen (secondary N) is 1. The molecule has 5 heteroatoms. The summed E-state index contributed by atoms with van der Waals surface area (Å²) in [6.07, 6.45) is 8.43. The minimum absolute atomic E-state index is 0. The van der Waals surface area contributed by atoms with Gasteiger partial charge < -0.3 is 24.8 Å². The molecule has 1 aliphatic rings. The molecule has 0 bridgehead atoms. The Hall–Kier alpha value is -0.517. The smallest absolute Gasteiger partial charge is 1.00 e. The zero-order chi connectivity index (χ0) is 14.7. The fraction of sp³-hybridized carbons (Fsp3) is 0.158. The van der Waals surface area contributed by atoms with Gasteiger partial charge in [-0.15, -0.1) is 48.4 Å². The third-order valence-electron chi connectivity index (χ3n) is 3.79. The molecular formula is C19H19Cl2NPZr+. The zero-order valence-electron chi connectivity index (χ0n) is 13.7. The van der Waals surface area contributed by atoms with Gasteiger partial charge in [0.15, 0.2) is 6.20 Å². The van der Waals surface area contributed by atoms with E-state index in [1.54, 1.807) is 0 Å². The normalized spacial score (nSPS) is 12.7. The minimum Gasteiger partial charge on any atom is -1.00 e. The first-order valence-corrected chi connectivity index (χ1v) is 8.60. The molecule has 0 saturated carbocycles. The number of rotatable bonds is 1. The predicted octanol–water partition coefficient (Wildman–Crippen LogP) is -0.560. The topological polar surface area (TPSA) is 14.1 Å². The van der Waals surface area contributed by atoms with Crippen molar-refractivity contribution in [3.8, 4) is 5.30 Å². The largest absolute Gasteiger partial charge is 4.00 e. The summed E-state index contributed by atoms with van der Waals surface area (Å²) in [5.74, 6) is 2.24. The van der Waals surface area contributed by atoms with Crippen LogP contribution in [0.2, 0.25) is 0 Å². The van der Waals surface area contributed by atoms with Gasteiger partial charge >= 0.3 is 26.2 Å². The first-order chi connectivity index (χ1) is 10.2. The molecule has 0 amide bonds. The van der Waals surface area contributed by atoms with Crippen molar-refractivity contribution in [3.05, 3.63) is 77.8 Å². The fourth-order valence-corrected chi connectivity index (χ4v) is 3.85. The second-order valence-corrected chi connectivity index (χ2v) is 7.06. The molecule has 1 atom stereocenters. The molecule has 1 nitrogen and oxygen atoms in total. The average molecular weight is 454 g/mol. The molecule has 1 unspecified atom stereocenters. The van der Waals surface area contributed by atoms with Crippen LogP contribution in [-0.2, 0) is 26.2 Å². The Morgan fingerprint density at radius 1 is 1.12 bits per heavy atom. The number of allylic oxidation sites excluding steroid dienone is 4. The average Bonchev–Trinajstić information content (AvgIpc) is 3.21. The van der Waals surface area contributed by atoms with Gasteiger partial charge in [0, 0.05) is 11.9 Å². The van der Waals surface area contributed by atoms with Crippen molar-refractivity contribution in [3.63, 3.8) is 0 Å². The molecule has 0 fully saturated rings. The maximum absolute atomic E-state index is 3.36. The third kappa shape index (κ3) is 5.78. The molecular weight excluding hydrogens is 435 g/mol. The second-order valence-electron chi connectivity index (χ2n) is 5.24. The molecule has 24 heavy (non-hydrogen) atoms. The van der Waals surface area contributed by atoms with Crippen LogP contribution in [0.25, 0.3) is 16.1 Å². The summed E-state index contributed by atoms with van der Waals surface area (Å²) < 4.78 is 3.36. The summed E-state index contributed by atoms with van der Waals surface area (Å²) in [5.41, 5.74) is 2.71. The number of benzene rings is 1. The first kappa shape index (κ1) is 23.5. The van der Waals surface area contributed by atoms with Crippen molar-refractivity contribution in [2.45, 2.75) is 20.3 Å². The fourth-order valence-electron chi connectivity index (χ4n) is 2.38. The minimum atomic E-state index is -0.273. The van der Waals surface area contributed by atoms with Gasteiger partial charge in [-0.05, 0) is 5.30 Å². The van der Waals surface area contributed by atoms with Gasteiger partial charge in [0.05, 0.1) is 0 Å². The summed E-state index contributed by atoms with van der Waals surface area (Å²) in [6.45, 7) is 4.22. The Kier molecular flexibility index (Phi) is 10.9. The zero-order valence-corrected chi connectivity index (χ0v) is 18.5. The number of fused-ring (bicyclic) bond motifs is 1. The van der Waals surface area contributed by atoms with Gasteiger partial charge in [-0.1, -0.05) is 13.0 Å². The molecule has 4 rings (SSSR count). The van der Waals surface area contributed by atoms with Crippen molar-refractivity contribution in [1.82, 2.24) is 0 Å². The molecule has 0 radical (unpaired) electrons. The Morgan fingerprint density at radius 2 is 1.88 bits per heavy atom. The molecule has 0 spiro atoms. The summed E-state index contributed by atoms with van der Waals surface area (Å²) in [6, 6.07) is 15.1. The molecule has 1 heterocycles. The molecule has 2 aromatic carbocycles. The van der Waals surface area contributed by atoms with Crippen LogP contribution < -0.4 is 29.6 Å². The Bertz CT molecular complexity index is 755. The van der Waals surface area contributed by atoms with Crippen LogP contribution in [0.1, 0.15) is 20.3 Å². The summed E-state index contributed by atoms with van der Waals surface area (Å²) in [4.78, 5) is 0. The third-order valence-corrected chi connectivity index (χ3v) is 5.50.